The van der Waals surface area contributed by atoms with Gasteiger partial charge in [-0.25, -0.2) is 0 Å². The zero-order valence-electron chi connectivity index (χ0n) is 12.6. The average molecular weight is 342 g/mol. The van der Waals surface area contributed by atoms with E-state index in [0.717, 1.165) is 0 Å². The first-order valence-corrected chi connectivity index (χ1v) is 7.50. The molecule has 130 valence electrons. The Morgan fingerprint density at radius 2 is 2.04 bits per heavy atom. The van der Waals surface area contributed by atoms with E-state index in [2.05, 4.69) is 20.1 Å². The molecule has 1 saturated heterocycles. The number of carbonyl (C=O) groups is 2. The van der Waals surface area contributed by atoms with Gasteiger partial charge in [-0.15, -0.1) is 8.78 Å². The van der Waals surface area contributed by atoms with E-state index in [4.69, 9.17) is 5.11 Å². The highest BCUT2D eigenvalue weighted by atomic mass is 19.3. The molecule has 0 bridgehead atoms. The van der Waals surface area contributed by atoms with E-state index in [1.165, 1.54) is 6.07 Å². The first-order chi connectivity index (χ1) is 11.4. The molecule has 2 heterocycles. The summed E-state index contributed by atoms with van der Waals surface area (Å²) in [4.78, 5) is 22.8. The smallest absolute Gasteiger partial charge is 0.480 e. The number of rotatable bonds is 5. The molecule has 0 saturated carbocycles. The molecule has 3 rings (SSSR count). The highest BCUT2D eigenvalue weighted by molar-refractivity contribution is 5.84. The monoisotopic (exact) mass is 342 g/mol. The Kier molecular flexibility index (Phi) is 4.27. The van der Waals surface area contributed by atoms with Gasteiger partial charge in [-0.1, -0.05) is 12.1 Å². The number of ether oxygens (including phenoxy) is 2. The number of carbonyl (C=O) groups excluding carboxylic acids is 1. The summed E-state index contributed by atoms with van der Waals surface area (Å²) in [5, 5.41) is 14.3. The number of hydrogen-bond donors (Lipinski definition) is 3. The maximum Gasteiger partial charge on any atom is 0.586 e. The summed E-state index contributed by atoms with van der Waals surface area (Å²) in [7, 11) is 0. The highest BCUT2D eigenvalue weighted by Gasteiger charge is 2.44. The summed E-state index contributed by atoms with van der Waals surface area (Å²) in [6, 6.07) is 3.29. The predicted molar refractivity (Wildman–Crippen MR) is 76.9 cm³/mol. The van der Waals surface area contributed by atoms with E-state index in [0.29, 0.717) is 18.4 Å². The molecule has 2 aliphatic rings. The van der Waals surface area contributed by atoms with Gasteiger partial charge in [0.1, 0.15) is 6.04 Å². The lowest BCUT2D eigenvalue weighted by atomic mass is 10.1. The fourth-order valence-corrected chi connectivity index (χ4v) is 2.81. The summed E-state index contributed by atoms with van der Waals surface area (Å²) >= 11 is 0. The van der Waals surface area contributed by atoms with Crippen LogP contribution in [0.5, 0.6) is 11.5 Å². The third-order valence-corrected chi connectivity index (χ3v) is 3.96. The summed E-state index contributed by atoms with van der Waals surface area (Å²) in [5.74, 6) is -1.36. The van der Waals surface area contributed by atoms with Gasteiger partial charge in [-0.05, 0) is 25.3 Å². The van der Waals surface area contributed by atoms with Crippen molar-refractivity contribution in [2.75, 3.05) is 6.54 Å². The van der Waals surface area contributed by atoms with Crippen LogP contribution in [0.1, 0.15) is 18.4 Å². The number of benzene rings is 1. The van der Waals surface area contributed by atoms with Crippen molar-refractivity contribution in [2.45, 2.75) is 37.6 Å². The van der Waals surface area contributed by atoms with Crippen molar-refractivity contribution in [1.29, 1.82) is 0 Å². The minimum absolute atomic E-state index is 0.0262. The van der Waals surface area contributed by atoms with Crippen LogP contribution in [-0.4, -0.2) is 41.9 Å². The van der Waals surface area contributed by atoms with E-state index in [1.54, 1.807) is 12.1 Å². The molecule has 2 atom stereocenters. The van der Waals surface area contributed by atoms with Crippen molar-refractivity contribution in [2.24, 2.45) is 0 Å². The number of nitrogens with one attached hydrogen (secondary N) is 2. The minimum atomic E-state index is -3.68. The van der Waals surface area contributed by atoms with Gasteiger partial charge in [0.25, 0.3) is 0 Å². The van der Waals surface area contributed by atoms with Crippen LogP contribution in [-0.2, 0) is 16.0 Å². The second kappa shape index (κ2) is 6.23. The van der Waals surface area contributed by atoms with Gasteiger partial charge < -0.3 is 19.9 Å². The van der Waals surface area contributed by atoms with Crippen LogP contribution in [0.2, 0.25) is 0 Å². The van der Waals surface area contributed by atoms with Crippen LogP contribution >= 0.6 is 0 Å². The molecule has 1 fully saturated rings. The summed E-state index contributed by atoms with van der Waals surface area (Å²) in [5.41, 5.74) is 0.493. The second-order valence-electron chi connectivity index (χ2n) is 5.64. The number of carboxylic acid groups (broad SMARTS) is 1. The molecule has 0 unspecified atom stereocenters. The molecule has 0 spiro atoms. The maximum absolute atomic E-state index is 13.1. The van der Waals surface area contributed by atoms with Gasteiger partial charge >= 0.3 is 12.3 Å². The fourth-order valence-electron chi connectivity index (χ4n) is 2.81. The number of hydrogen-bond acceptors (Lipinski definition) is 5. The molecule has 0 radical (unpaired) electrons. The van der Waals surface area contributed by atoms with Crippen LogP contribution in [0.25, 0.3) is 0 Å². The van der Waals surface area contributed by atoms with Crippen LogP contribution < -0.4 is 20.1 Å². The van der Waals surface area contributed by atoms with E-state index in [-0.39, 0.29) is 30.4 Å². The quantitative estimate of drug-likeness (QED) is 0.735. The van der Waals surface area contributed by atoms with E-state index in [9.17, 15) is 18.4 Å². The standard InChI is InChI=1S/C15H16F2N2O5/c16-15(17)23-11-3-1-2-8(12(11)24-15)6-7-18-13(20)9-4-5-10(19-9)14(21)22/h1-3,9-10,19H,4-7H2,(H,18,20)(H,21,22)/t9-,10+/m1/s1. The van der Waals surface area contributed by atoms with Gasteiger partial charge in [-0.3, -0.25) is 14.9 Å². The molecule has 9 heteroatoms. The molecule has 3 N–H and O–H groups in total. The van der Waals surface area contributed by atoms with Gasteiger partial charge in [-0.2, -0.15) is 0 Å². The first kappa shape index (κ1) is 16.4. The van der Waals surface area contributed by atoms with E-state index in [1.807, 2.05) is 0 Å². The molecular formula is C15H16F2N2O5. The van der Waals surface area contributed by atoms with Crippen LogP contribution in [0.15, 0.2) is 18.2 Å². The Hall–Kier alpha value is -2.42. The number of halogens is 2. The topological polar surface area (TPSA) is 96.9 Å². The normalized spacial score (nSPS) is 23.9. The number of carboxylic acids is 1. The Balaban J connectivity index is 1.52. The molecule has 7 nitrogen and oxygen atoms in total. The van der Waals surface area contributed by atoms with Gasteiger partial charge in [0.05, 0.1) is 6.04 Å². The molecule has 24 heavy (non-hydrogen) atoms. The summed E-state index contributed by atoms with van der Waals surface area (Å²) in [6.45, 7) is 0.208. The minimum Gasteiger partial charge on any atom is -0.480 e. The first-order valence-electron chi connectivity index (χ1n) is 7.50. The third-order valence-electron chi connectivity index (χ3n) is 3.96. The van der Waals surface area contributed by atoms with E-state index < -0.39 is 24.3 Å². The van der Waals surface area contributed by atoms with Crippen LogP contribution in [0.4, 0.5) is 8.78 Å². The number of aliphatic carboxylic acids is 1. The zero-order valence-corrected chi connectivity index (χ0v) is 12.6. The molecule has 1 aromatic carbocycles. The molecule has 0 aliphatic carbocycles. The van der Waals surface area contributed by atoms with Crippen molar-refractivity contribution in [3.05, 3.63) is 23.8 Å². The third kappa shape index (κ3) is 3.40. The van der Waals surface area contributed by atoms with Gasteiger partial charge in [0.2, 0.25) is 5.91 Å². The number of amides is 1. The van der Waals surface area contributed by atoms with Gasteiger partial charge in [0, 0.05) is 12.1 Å². The van der Waals surface area contributed by atoms with Crippen molar-refractivity contribution in [1.82, 2.24) is 10.6 Å². The average Bonchev–Trinajstić information content (AvgIpc) is 3.10. The van der Waals surface area contributed by atoms with Crippen molar-refractivity contribution >= 4 is 11.9 Å². The largest absolute Gasteiger partial charge is 0.586 e. The Morgan fingerprint density at radius 3 is 2.75 bits per heavy atom. The molecule has 1 amide bonds. The van der Waals surface area contributed by atoms with Crippen molar-refractivity contribution in [3.8, 4) is 11.5 Å². The van der Waals surface area contributed by atoms with Crippen LogP contribution in [0.3, 0.4) is 0 Å². The lowest BCUT2D eigenvalue weighted by Crippen LogP contribution is -2.45. The number of para-hydroxylation sites is 1. The lowest BCUT2D eigenvalue weighted by molar-refractivity contribution is -0.286. The molecule has 2 aliphatic heterocycles. The Bertz CT molecular complexity index is 667. The van der Waals surface area contributed by atoms with Crippen molar-refractivity contribution < 1.29 is 33.0 Å². The maximum atomic E-state index is 13.1. The van der Waals surface area contributed by atoms with Gasteiger partial charge in [0.15, 0.2) is 11.5 Å². The Labute approximate surface area is 135 Å². The zero-order chi connectivity index (χ0) is 17.3. The molecule has 1 aromatic rings. The molecule has 0 aromatic heterocycles. The number of alkyl halides is 2. The SMILES string of the molecule is O=C(O)[C@@H]1CC[C@H](C(=O)NCCc2cccc3c2OC(F)(F)O3)N1. The summed E-state index contributed by atoms with van der Waals surface area (Å²) in [6.07, 6.45) is -2.57. The van der Waals surface area contributed by atoms with E-state index >= 15 is 0 Å². The summed E-state index contributed by atoms with van der Waals surface area (Å²) < 4.78 is 35.1. The van der Waals surface area contributed by atoms with Crippen LogP contribution in [0, 0.1) is 0 Å². The fraction of sp³-hybridized carbons (Fsp3) is 0.467. The Morgan fingerprint density at radius 1 is 1.29 bits per heavy atom. The highest BCUT2D eigenvalue weighted by Crippen LogP contribution is 2.43. The molecular weight excluding hydrogens is 326 g/mol. The van der Waals surface area contributed by atoms with Crippen molar-refractivity contribution in [3.63, 3.8) is 0 Å². The second-order valence-corrected chi connectivity index (χ2v) is 5.64. The number of fused-ring (bicyclic) bond motifs is 1. The lowest BCUT2D eigenvalue weighted by Gasteiger charge is -2.13. The predicted octanol–water partition coefficient (Wildman–Crippen LogP) is 0.872.